The van der Waals surface area contributed by atoms with Gasteiger partial charge in [0.1, 0.15) is 6.29 Å². The van der Waals surface area contributed by atoms with Gasteiger partial charge in [-0.15, -0.1) is 0 Å². The van der Waals surface area contributed by atoms with Gasteiger partial charge in [-0.3, -0.25) is 0 Å². The summed E-state index contributed by atoms with van der Waals surface area (Å²) in [5, 5.41) is 0. The molecule has 0 saturated heterocycles. The van der Waals surface area contributed by atoms with E-state index in [9.17, 15) is 4.79 Å². The molecule has 0 radical (unpaired) electrons. The first-order valence-corrected chi connectivity index (χ1v) is 7.83. The zero-order valence-corrected chi connectivity index (χ0v) is 12.5. The molecule has 0 amide bonds. The lowest BCUT2D eigenvalue weighted by Gasteiger charge is -1.96. The van der Waals surface area contributed by atoms with Gasteiger partial charge in [0.25, 0.3) is 0 Å². The van der Waals surface area contributed by atoms with E-state index in [-0.39, 0.29) is 0 Å². The van der Waals surface area contributed by atoms with Gasteiger partial charge in [-0.1, -0.05) is 75.5 Å². The molecule has 0 aromatic carbocycles. The van der Waals surface area contributed by atoms with Crippen LogP contribution >= 0.6 is 0 Å². The van der Waals surface area contributed by atoms with Crippen LogP contribution in [0, 0.1) is 0 Å². The Morgan fingerprint density at radius 2 is 1.16 bits per heavy atom. The molecule has 0 rings (SSSR count). The van der Waals surface area contributed by atoms with Crippen molar-refractivity contribution >= 4 is 6.29 Å². The average molecular weight is 262 g/mol. The van der Waals surface area contributed by atoms with Crippen molar-refractivity contribution in [3.63, 3.8) is 0 Å². The molecule has 0 aliphatic rings. The number of unbranched alkanes of at least 4 members (excludes halogenated alkanes) is 8. The van der Waals surface area contributed by atoms with Crippen LogP contribution < -0.4 is 0 Å². The maximum Gasteiger partial charge on any atom is 0.119 e. The smallest absolute Gasteiger partial charge is 0.119 e. The number of rotatable bonds is 13. The summed E-state index contributed by atoms with van der Waals surface area (Å²) in [6.07, 6.45) is 25.7. The number of allylic oxidation sites excluding steroid dienone is 6. The topological polar surface area (TPSA) is 17.1 Å². The highest BCUT2D eigenvalue weighted by atomic mass is 16.1. The van der Waals surface area contributed by atoms with Crippen LogP contribution in [0.5, 0.6) is 0 Å². The Hall–Kier alpha value is -1.11. The molecule has 19 heavy (non-hydrogen) atoms. The molecule has 0 unspecified atom stereocenters. The molecule has 0 N–H and O–H groups in total. The highest BCUT2D eigenvalue weighted by molar-refractivity contribution is 5.48. The predicted octanol–water partition coefficient (Wildman–Crippen LogP) is 5.77. The third-order valence-electron chi connectivity index (χ3n) is 3.02. The molecule has 108 valence electrons. The fourth-order valence-corrected chi connectivity index (χ4v) is 1.82. The van der Waals surface area contributed by atoms with Crippen LogP contribution in [0.2, 0.25) is 0 Å². The van der Waals surface area contributed by atoms with Gasteiger partial charge in [0, 0.05) is 6.42 Å². The van der Waals surface area contributed by atoms with E-state index in [0.29, 0.717) is 0 Å². The molecular formula is C18H30O. The summed E-state index contributed by atoms with van der Waals surface area (Å²) in [6.45, 7) is 2.22. The van der Waals surface area contributed by atoms with E-state index in [2.05, 4.69) is 43.4 Å². The van der Waals surface area contributed by atoms with Crippen molar-refractivity contribution in [1.82, 2.24) is 0 Å². The highest BCUT2D eigenvalue weighted by Crippen LogP contribution is 2.06. The minimum absolute atomic E-state index is 0.733. The molecule has 0 heterocycles. The number of hydrogen-bond donors (Lipinski definition) is 0. The van der Waals surface area contributed by atoms with Crippen LogP contribution in [0.3, 0.4) is 0 Å². The molecule has 0 bridgehead atoms. The van der Waals surface area contributed by atoms with Crippen molar-refractivity contribution in [1.29, 1.82) is 0 Å². The number of carbonyl (C=O) groups is 1. The molecule has 0 fully saturated rings. The lowest BCUT2D eigenvalue weighted by Crippen LogP contribution is -1.79. The Labute approximate surface area is 119 Å². The standard InChI is InChI=1S/C18H30O/c1-2-3-4-5-6-7-8-9-10-11-12-13-14-15-16-17-18-19/h5-10,18H,2-4,11-17H2,1H3/b6-5+,8-7+,10-9-. The molecule has 0 aromatic heterocycles. The van der Waals surface area contributed by atoms with Crippen LogP contribution in [-0.4, -0.2) is 6.29 Å². The third-order valence-corrected chi connectivity index (χ3v) is 3.02. The second-order valence-electron chi connectivity index (χ2n) is 4.90. The minimum Gasteiger partial charge on any atom is -0.303 e. The van der Waals surface area contributed by atoms with Crippen molar-refractivity contribution in [3.8, 4) is 0 Å². The molecule has 0 spiro atoms. The van der Waals surface area contributed by atoms with Crippen LogP contribution in [-0.2, 0) is 4.79 Å². The number of hydrogen-bond acceptors (Lipinski definition) is 1. The number of carbonyl (C=O) groups excluding carboxylic acids is 1. The van der Waals surface area contributed by atoms with Gasteiger partial charge < -0.3 is 4.79 Å². The second kappa shape index (κ2) is 16.9. The molecule has 1 heteroatoms. The van der Waals surface area contributed by atoms with Crippen molar-refractivity contribution in [2.24, 2.45) is 0 Å². The summed E-state index contributed by atoms with van der Waals surface area (Å²) in [5.41, 5.74) is 0. The molecule has 0 saturated carbocycles. The lowest BCUT2D eigenvalue weighted by molar-refractivity contribution is -0.107. The first-order valence-electron chi connectivity index (χ1n) is 7.83. The third kappa shape index (κ3) is 16.9. The van der Waals surface area contributed by atoms with Crippen LogP contribution in [0.15, 0.2) is 36.5 Å². The Balaban J connectivity index is 3.26. The Morgan fingerprint density at radius 3 is 1.74 bits per heavy atom. The van der Waals surface area contributed by atoms with E-state index in [1.165, 1.54) is 44.9 Å². The fraction of sp³-hybridized carbons (Fsp3) is 0.611. The van der Waals surface area contributed by atoms with Gasteiger partial charge in [0.05, 0.1) is 0 Å². The SMILES string of the molecule is CCCC/C=C/C=C/C=C\CCCCCCCC=O. The van der Waals surface area contributed by atoms with E-state index in [0.717, 1.165) is 25.5 Å². The summed E-state index contributed by atoms with van der Waals surface area (Å²) in [5.74, 6) is 0. The summed E-state index contributed by atoms with van der Waals surface area (Å²) >= 11 is 0. The Bertz CT molecular complexity index is 261. The maximum absolute atomic E-state index is 10.1. The minimum atomic E-state index is 0.733. The first-order chi connectivity index (χ1) is 9.41. The summed E-state index contributed by atoms with van der Waals surface area (Å²) in [6, 6.07) is 0. The first kappa shape index (κ1) is 17.9. The average Bonchev–Trinajstić information content (AvgIpc) is 2.43. The molecule has 0 aliphatic heterocycles. The fourth-order valence-electron chi connectivity index (χ4n) is 1.82. The summed E-state index contributed by atoms with van der Waals surface area (Å²) in [7, 11) is 0. The van der Waals surface area contributed by atoms with E-state index < -0.39 is 0 Å². The second-order valence-corrected chi connectivity index (χ2v) is 4.90. The maximum atomic E-state index is 10.1. The van der Waals surface area contributed by atoms with Gasteiger partial charge in [0.15, 0.2) is 0 Å². The number of aldehydes is 1. The molecular weight excluding hydrogens is 232 g/mol. The van der Waals surface area contributed by atoms with Crippen molar-refractivity contribution in [3.05, 3.63) is 36.5 Å². The van der Waals surface area contributed by atoms with Crippen LogP contribution in [0.25, 0.3) is 0 Å². The van der Waals surface area contributed by atoms with E-state index in [1.807, 2.05) is 0 Å². The molecule has 0 atom stereocenters. The predicted molar refractivity (Wildman–Crippen MR) is 85.3 cm³/mol. The molecule has 1 nitrogen and oxygen atoms in total. The normalized spacial score (nSPS) is 12.1. The van der Waals surface area contributed by atoms with Crippen molar-refractivity contribution in [2.75, 3.05) is 0 Å². The highest BCUT2D eigenvalue weighted by Gasteiger charge is 1.88. The van der Waals surface area contributed by atoms with Crippen molar-refractivity contribution in [2.45, 2.75) is 71.1 Å². The van der Waals surface area contributed by atoms with Crippen molar-refractivity contribution < 1.29 is 4.79 Å². The summed E-state index contributed by atoms with van der Waals surface area (Å²) < 4.78 is 0. The Kier molecular flexibility index (Phi) is 15.9. The largest absolute Gasteiger partial charge is 0.303 e. The van der Waals surface area contributed by atoms with Gasteiger partial charge in [-0.05, 0) is 25.7 Å². The summed E-state index contributed by atoms with van der Waals surface area (Å²) in [4.78, 5) is 10.1. The molecule has 0 aliphatic carbocycles. The van der Waals surface area contributed by atoms with E-state index in [4.69, 9.17) is 0 Å². The monoisotopic (exact) mass is 262 g/mol. The van der Waals surface area contributed by atoms with Crippen LogP contribution in [0.4, 0.5) is 0 Å². The zero-order chi connectivity index (χ0) is 14.0. The Morgan fingerprint density at radius 1 is 0.632 bits per heavy atom. The van der Waals surface area contributed by atoms with Gasteiger partial charge in [0.2, 0.25) is 0 Å². The van der Waals surface area contributed by atoms with Crippen LogP contribution in [0.1, 0.15) is 71.1 Å². The zero-order valence-electron chi connectivity index (χ0n) is 12.5. The van der Waals surface area contributed by atoms with E-state index >= 15 is 0 Å². The van der Waals surface area contributed by atoms with Gasteiger partial charge in [-0.25, -0.2) is 0 Å². The van der Waals surface area contributed by atoms with Gasteiger partial charge in [-0.2, -0.15) is 0 Å². The van der Waals surface area contributed by atoms with Gasteiger partial charge >= 0.3 is 0 Å². The molecule has 0 aromatic rings. The quantitative estimate of drug-likeness (QED) is 0.234. The van der Waals surface area contributed by atoms with E-state index in [1.54, 1.807) is 0 Å². The lowest BCUT2D eigenvalue weighted by atomic mass is 10.1.